The van der Waals surface area contributed by atoms with Crippen LogP contribution >= 0.6 is 0 Å². The second kappa shape index (κ2) is 5.74. The minimum Gasteiger partial charge on any atom is -0.329 e. The van der Waals surface area contributed by atoms with Crippen LogP contribution in [0, 0.1) is 5.92 Å². The van der Waals surface area contributed by atoms with E-state index in [1.54, 1.807) is 0 Å². The average molecular weight is 278 g/mol. The van der Waals surface area contributed by atoms with Crippen LogP contribution in [0.3, 0.4) is 0 Å². The minimum atomic E-state index is -0.251. The van der Waals surface area contributed by atoms with Crippen molar-refractivity contribution in [3.05, 3.63) is 0 Å². The largest absolute Gasteiger partial charge is 0.329 e. The summed E-state index contributed by atoms with van der Waals surface area (Å²) in [7, 11) is 0. The van der Waals surface area contributed by atoms with Gasteiger partial charge in [-0.3, -0.25) is 9.59 Å². The van der Waals surface area contributed by atoms with Crippen molar-refractivity contribution in [1.29, 1.82) is 0 Å². The highest BCUT2D eigenvalue weighted by molar-refractivity contribution is 5.96. The Balaban J connectivity index is 1.72. The van der Waals surface area contributed by atoms with E-state index in [-0.39, 0.29) is 23.9 Å². The Kier molecular flexibility index (Phi) is 3.99. The molecule has 0 spiro atoms. The van der Waals surface area contributed by atoms with Crippen LogP contribution in [0.15, 0.2) is 0 Å². The highest BCUT2D eigenvalue weighted by Gasteiger charge is 2.44. The molecule has 1 aliphatic carbocycles. The molecule has 2 heterocycles. The van der Waals surface area contributed by atoms with Gasteiger partial charge in [0.1, 0.15) is 12.1 Å². The molecule has 0 bridgehead atoms. The number of piperidine rings is 1. The van der Waals surface area contributed by atoms with E-state index >= 15 is 0 Å². The van der Waals surface area contributed by atoms with Crippen LogP contribution in [0.25, 0.3) is 0 Å². The molecule has 2 amide bonds. The smallest absolute Gasteiger partial charge is 0.246 e. The molecule has 4 heteroatoms. The Hall–Kier alpha value is -1.06. The SMILES string of the molecule is CC1C(=O)N2CCCCC2C(=O)N1CC1CCCCC1. The van der Waals surface area contributed by atoms with Gasteiger partial charge < -0.3 is 9.80 Å². The van der Waals surface area contributed by atoms with E-state index in [1.165, 1.54) is 32.1 Å². The molecule has 2 saturated heterocycles. The maximum absolute atomic E-state index is 12.7. The predicted octanol–water partition coefficient (Wildman–Crippen LogP) is 2.18. The van der Waals surface area contributed by atoms with Gasteiger partial charge in [-0.1, -0.05) is 19.3 Å². The molecule has 2 unspecified atom stereocenters. The molecule has 0 aromatic heterocycles. The number of rotatable bonds is 2. The summed E-state index contributed by atoms with van der Waals surface area (Å²) in [5, 5.41) is 0. The molecule has 4 nitrogen and oxygen atoms in total. The summed E-state index contributed by atoms with van der Waals surface area (Å²) in [6.45, 7) is 3.49. The van der Waals surface area contributed by atoms with Crippen LogP contribution in [0.1, 0.15) is 58.3 Å². The summed E-state index contributed by atoms with van der Waals surface area (Å²) in [4.78, 5) is 28.9. The van der Waals surface area contributed by atoms with E-state index in [0.717, 1.165) is 32.4 Å². The fraction of sp³-hybridized carbons (Fsp3) is 0.875. The van der Waals surface area contributed by atoms with Crippen LogP contribution in [-0.4, -0.2) is 46.8 Å². The number of nitrogens with zero attached hydrogens (tertiary/aromatic N) is 2. The zero-order chi connectivity index (χ0) is 14.1. The standard InChI is InChI=1S/C16H26N2O2/c1-12-15(19)17-10-6-5-9-14(17)16(20)18(12)11-13-7-3-2-4-8-13/h12-14H,2-11H2,1H3. The molecule has 0 aromatic rings. The van der Waals surface area contributed by atoms with Crippen molar-refractivity contribution in [2.75, 3.05) is 13.1 Å². The number of hydrogen-bond donors (Lipinski definition) is 0. The van der Waals surface area contributed by atoms with Crippen LogP contribution < -0.4 is 0 Å². The number of hydrogen-bond acceptors (Lipinski definition) is 2. The van der Waals surface area contributed by atoms with E-state index in [0.29, 0.717) is 5.92 Å². The van der Waals surface area contributed by atoms with Gasteiger partial charge in [0.2, 0.25) is 11.8 Å². The molecule has 3 fully saturated rings. The number of carbonyl (C=O) groups excluding carboxylic acids is 2. The number of fused-ring (bicyclic) bond motifs is 1. The highest BCUT2D eigenvalue weighted by Crippen LogP contribution is 2.30. The lowest BCUT2D eigenvalue weighted by Gasteiger charge is -2.47. The molecule has 0 N–H and O–H groups in total. The van der Waals surface area contributed by atoms with E-state index in [4.69, 9.17) is 0 Å². The van der Waals surface area contributed by atoms with Crippen molar-refractivity contribution in [2.45, 2.75) is 70.4 Å². The quantitative estimate of drug-likeness (QED) is 0.777. The lowest BCUT2D eigenvalue weighted by Crippen LogP contribution is -2.65. The average Bonchev–Trinajstić information content (AvgIpc) is 2.50. The van der Waals surface area contributed by atoms with Gasteiger partial charge in [-0.05, 0) is 44.9 Å². The molecule has 20 heavy (non-hydrogen) atoms. The molecular weight excluding hydrogens is 252 g/mol. The van der Waals surface area contributed by atoms with Gasteiger partial charge in [-0.25, -0.2) is 0 Å². The molecule has 112 valence electrons. The topological polar surface area (TPSA) is 40.6 Å². The van der Waals surface area contributed by atoms with E-state index in [9.17, 15) is 9.59 Å². The predicted molar refractivity (Wildman–Crippen MR) is 77.1 cm³/mol. The van der Waals surface area contributed by atoms with Gasteiger partial charge in [0, 0.05) is 13.1 Å². The molecule has 1 saturated carbocycles. The Bertz CT molecular complexity index is 390. The van der Waals surface area contributed by atoms with E-state index in [1.807, 2.05) is 16.7 Å². The van der Waals surface area contributed by atoms with Crippen molar-refractivity contribution >= 4 is 11.8 Å². The summed E-state index contributed by atoms with van der Waals surface area (Å²) in [6, 6.07) is -0.408. The Morgan fingerprint density at radius 2 is 1.65 bits per heavy atom. The van der Waals surface area contributed by atoms with Gasteiger partial charge >= 0.3 is 0 Å². The third-order valence-corrected chi connectivity index (χ3v) is 5.36. The third-order valence-electron chi connectivity index (χ3n) is 5.36. The number of carbonyl (C=O) groups is 2. The maximum Gasteiger partial charge on any atom is 0.246 e. The summed E-state index contributed by atoms with van der Waals surface area (Å²) < 4.78 is 0. The first-order valence-electron chi connectivity index (χ1n) is 8.29. The summed E-state index contributed by atoms with van der Waals surface area (Å²) in [5.41, 5.74) is 0. The first-order valence-corrected chi connectivity index (χ1v) is 8.29. The van der Waals surface area contributed by atoms with Crippen molar-refractivity contribution in [1.82, 2.24) is 9.80 Å². The van der Waals surface area contributed by atoms with Gasteiger partial charge in [-0.15, -0.1) is 0 Å². The molecule has 2 atom stereocenters. The molecule has 3 aliphatic rings. The monoisotopic (exact) mass is 278 g/mol. The zero-order valence-corrected chi connectivity index (χ0v) is 12.5. The zero-order valence-electron chi connectivity index (χ0n) is 12.5. The van der Waals surface area contributed by atoms with Gasteiger partial charge in [0.05, 0.1) is 0 Å². The summed E-state index contributed by atoms with van der Waals surface area (Å²) in [5.74, 6) is 0.991. The summed E-state index contributed by atoms with van der Waals surface area (Å²) in [6.07, 6.45) is 9.32. The van der Waals surface area contributed by atoms with E-state index < -0.39 is 0 Å². The van der Waals surface area contributed by atoms with Crippen molar-refractivity contribution < 1.29 is 9.59 Å². The first-order chi connectivity index (χ1) is 9.68. The van der Waals surface area contributed by atoms with Crippen molar-refractivity contribution in [2.24, 2.45) is 5.92 Å². The molecule has 0 aromatic carbocycles. The first kappa shape index (κ1) is 13.9. The van der Waals surface area contributed by atoms with E-state index in [2.05, 4.69) is 0 Å². The Morgan fingerprint density at radius 3 is 2.40 bits per heavy atom. The second-order valence-corrected chi connectivity index (χ2v) is 6.71. The minimum absolute atomic E-state index is 0.156. The van der Waals surface area contributed by atoms with Gasteiger partial charge in [0.25, 0.3) is 0 Å². The number of piperazine rings is 1. The van der Waals surface area contributed by atoms with Gasteiger partial charge in [0.15, 0.2) is 0 Å². The molecule has 3 rings (SSSR count). The fourth-order valence-corrected chi connectivity index (χ4v) is 4.10. The lowest BCUT2D eigenvalue weighted by atomic mass is 9.87. The van der Waals surface area contributed by atoms with Crippen LogP contribution in [-0.2, 0) is 9.59 Å². The Labute approximate surface area is 121 Å². The normalized spacial score (nSPS) is 32.5. The second-order valence-electron chi connectivity index (χ2n) is 6.71. The lowest BCUT2D eigenvalue weighted by molar-refractivity contribution is -0.163. The Morgan fingerprint density at radius 1 is 0.950 bits per heavy atom. The summed E-state index contributed by atoms with van der Waals surface area (Å²) >= 11 is 0. The fourth-order valence-electron chi connectivity index (χ4n) is 4.10. The van der Waals surface area contributed by atoms with Crippen LogP contribution in [0.5, 0.6) is 0 Å². The molecule has 0 radical (unpaired) electrons. The highest BCUT2D eigenvalue weighted by atomic mass is 16.2. The van der Waals surface area contributed by atoms with Crippen molar-refractivity contribution in [3.8, 4) is 0 Å². The maximum atomic E-state index is 12.7. The van der Waals surface area contributed by atoms with Crippen molar-refractivity contribution in [3.63, 3.8) is 0 Å². The van der Waals surface area contributed by atoms with Crippen LogP contribution in [0.4, 0.5) is 0 Å². The third kappa shape index (κ3) is 2.45. The van der Waals surface area contributed by atoms with Gasteiger partial charge in [-0.2, -0.15) is 0 Å². The molecular formula is C16H26N2O2. The number of amides is 2. The van der Waals surface area contributed by atoms with Crippen LogP contribution in [0.2, 0.25) is 0 Å². The molecule has 2 aliphatic heterocycles.